The number of amides is 1. The van der Waals surface area contributed by atoms with Crippen LogP contribution in [0.25, 0.3) is 0 Å². The minimum Gasteiger partial charge on any atom is -0.496 e. The standard InChI is InChI=1S/C22H24BrN3O5S/c1-3-31-21(28)15-4-6-18(26-8-10-30-11-9-26)17(13-15)24-22(32)25-20(27)14-5-7-19(29-2)16(23)12-14/h4-7,12-13H,3,8-11H2,1-2H3,(H2,24,25,27,32). The van der Waals surface area contributed by atoms with Crippen molar-refractivity contribution in [2.75, 3.05) is 50.2 Å². The Labute approximate surface area is 200 Å². The fourth-order valence-corrected chi connectivity index (χ4v) is 3.94. The normalized spacial score (nSPS) is 13.3. The van der Waals surface area contributed by atoms with Crippen molar-refractivity contribution in [1.82, 2.24) is 5.32 Å². The highest BCUT2D eigenvalue weighted by molar-refractivity contribution is 9.10. The molecular weight excluding hydrogens is 498 g/mol. The van der Waals surface area contributed by atoms with Gasteiger partial charge in [0.1, 0.15) is 5.75 Å². The summed E-state index contributed by atoms with van der Waals surface area (Å²) in [5.41, 5.74) is 2.25. The van der Waals surface area contributed by atoms with Gasteiger partial charge in [0.05, 0.1) is 48.3 Å². The fourth-order valence-electron chi connectivity index (χ4n) is 3.19. The number of halogens is 1. The first-order valence-electron chi connectivity index (χ1n) is 10.0. The smallest absolute Gasteiger partial charge is 0.338 e. The van der Waals surface area contributed by atoms with Crippen LogP contribution in [0.15, 0.2) is 40.9 Å². The van der Waals surface area contributed by atoms with Crippen molar-refractivity contribution in [3.8, 4) is 5.75 Å². The molecule has 0 atom stereocenters. The van der Waals surface area contributed by atoms with Crippen LogP contribution in [0, 0.1) is 0 Å². The lowest BCUT2D eigenvalue weighted by molar-refractivity contribution is 0.0526. The lowest BCUT2D eigenvalue weighted by Gasteiger charge is -2.31. The van der Waals surface area contributed by atoms with Crippen LogP contribution in [0.3, 0.4) is 0 Å². The van der Waals surface area contributed by atoms with Gasteiger partial charge < -0.3 is 24.4 Å². The minimum atomic E-state index is -0.429. The number of nitrogens with one attached hydrogen (secondary N) is 2. The zero-order valence-electron chi connectivity index (χ0n) is 17.8. The molecule has 0 unspecified atom stereocenters. The fraction of sp³-hybridized carbons (Fsp3) is 0.318. The zero-order valence-corrected chi connectivity index (χ0v) is 20.2. The number of rotatable bonds is 6. The minimum absolute atomic E-state index is 0.109. The van der Waals surface area contributed by atoms with Crippen LogP contribution in [-0.2, 0) is 9.47 Å². The number of carbonyl (C=O) groups excluding carboxylic acids is 2. The first kappa shape index (κ1) is 24.0. The van der Waals surface area contributed by atoms with Crippen LogP contribution in [-0.4, -0.2) is 57.0 Å². The van der Waals surface area contributed by atoms with E-state index in [0.29, 0.717) is 53.3 Å². The van der Waals surface area contributed by atoms with E-state index in [4.69, 9.17) is 26.4 Å². The van der Waals surface area contributed by atoms with Crippen molar-refractivity contribution in [3.05, 3.63) is 52.0 Å². The lowest BCUT2D eigenvalue weighted by atomic mass is 10.1. The molecule has 1 aliphatic rings. The van der Waals surface area contributed by atoms with Crippen LogP contribution in [0.4, 0.5) is 11.4 Å². The number of benzene rings is 2. The molecule has 1 fully saturated rings. The van der Waals surface area contributed by atoms with Crippen LogP contribution in [0.1, 0.15) is 27.6 Å². The average Bonchev–Trinajstić information content (AvgIpc) is 2.79. The number of methoxy groups -OCH3 is 1. The maximum atomic E-state index is 12.6. The average molecular weight is 522 g/mol. The van der Waals surface area contributed by atoms with Crippen molar-refractivity contribution in [3.63, 3.8) is 0 Å². The summed E-state index contributed by atoms with van der Waals surface area (Å²) in [5, 5.41) is 5.84. The molecule has 170 valence electrons. The van der Waals surface area contributed by atoms with E-state index in [1.807, 2.05) is 6.07 Å². The van der Waals surface area contributed by atoms with Gasteiger partial charge in [-0.2, -0.15) is 0 Å². The van der Waals surface area contributed by atoms with Crippen LogP contribution < -0.4 is 20.3 Å². The van der Waals surface area contributed by atoms with Gasteiger partial charge in [-0.25, -0.2) is 4.79 Å². The summed E-state index contributed by atoms with van der Waals surface area (Å²) in [5.74, 6) is -0.185. The second kappa shape index (κ2) is 11.3. The molecule has 1 aliphatic heterocycles. The van der Waals surface area contributed by atoms with E-state index < -0.39 is 5.97 Å². The topological polar surface area (TPSA) is 89.1 Å². The van der Waals surface area contributed by atoms with E-state index in [1.165, 1.54) is 0 Å². The summed E-state index contributed by atoms with van der Waals surface area (Å²) in [6, 6.07) is 10.2. The van der Waals surface area contributed by atoms with Crippen LogP contribution in [0.2, 0.25) is 0 Å². The predicted molar refractivity (Wildman–Crippen MR) is 130 cm³/mol. The van der Waals surface area contributed by atoms with Crippen LogP contribution >= 0.6 is 28.1 Å². The first-order chi connectivity index (χ1) is 15.4. The van der Waals surface area contributed by atoms with E-state index in [9.17, 15) is 9.59 Å². The van der Waals surface area contributed by atoms with Gasteiger partial charge in [-0.05, 0) is 71.5 Å². The molecule has 0 spiro atoms. The Kier molecular flexibility index (Phi) is 8.43. The number of carbonyl (C=O) groups is 2. The molecule has 10 heteroatoms. The van der Waals surface area contributed by atoms with Gasteiger partial charge in [0, 0.05) is 18.7 Å². The monoisotopic (exact) mass is 521 g/mol. The molecule has 1 heterocycles. The molecule has 1 saturated heterocycles. The van der Waals surface area contributed by atoms with Gasteiger partial charge in [0.25, 0.3) is 5.91 Å². The Morgan fingerprint density at radius 3 is 2.53 bits per heavy atom. The molecule has 2 N–H and O–H groups in total. The number of ether oxygens (including phenoxy) is 3. The number of morpholine rings is 1. The second-order valence-electron chi connectivity index (χ2n) is 6.81. The van der Waals surface area contributed by atoms with Crippen molar-refractivity contribution < 1.29 is 23.8 Å². The van der Waals surface area contributed by atoms with Gasteiger partial charge in [0.15, 0.2) is 5.11 Å². The number of hydrogen-bond donors (Lipinski definition) is 2. The third-order valence-corrected chi connectivity index (χ3v) is 5.57. The van der Waals surface area contributed by atoms with E-state index >= 15 is 0 Å². The van der Waals surface area contributed by atoms with E-state index in [1.54, 1.807) is 44.4 Å². The predicted octanol–water partition coefficient (Wildman–Crippen LogP) is 3.60. The summed E-state index contributed by atoms with van der Waals surface area (Å²) in [7, 11) is 1.55. The molecule has 0 aromatic heterocycles. The summed E-state index contributed by atoms with van der Waals surface area (Å²) in [4.78, 5) is 27.0. The van der Waals surface area contributed by atoms with Gasteiger partial charge in [0.2, 0.25) is 0 Å². The third kappa shape index (κ3) is 5.96. The highest BCUT2D eigenvalue weighted by Gasteiger charge is 2.19. The molecule has 2 aromatic carbocycles. The lowest BCUT2D eigenvalue weighted by Crippen LogP contribution is -2.38. The highest BCUT2D eigenvalue weighted by Crippen LogP contribution is 2.29. The molecule has 0 bridgehead atoms. The van der Waals surface area contributed by atoms with Crippen molar-refractivity contribution >= 4 is 56.5 Å². The molecule has 3 rings (SSSR count). The van der Waals surface area contributed by atoms with Gasteiger partial charge in [-0.15, -0.1) is 0 Å². The molecule has 1 amide bonds. The SMILES string of the molecule is CCOC(=O)c1ccc(N2CCOCC2)c(NC(=S)NC(=O)c2ccc(OC)c(Br)c2)c1. The number of esters is 1. The zero-order chi connectivity index (χ0) is 23.1. The third-order valence-electron chi connectivity index (χ3n) is 4.75. The van der Waals surface area contributed by atoms with E-state index in [2.05, 4.69) is 31.5 Å². The van der Waals surface area contributed by atoms with E-state index in [0.717, 1.165) is 5.69 Å². The van der Waals surface area contributed by atoms with Gasteiger partial charge in [-0.3, -0.25) is 10.1 Å². The summed E-state index contributed by atoms with van der Waals surface area (Å²) < 4.78 is 16.4. The summed E-state index contributed by atoms with van der Waals surface area (Å²) in [6.07, 6.45) is 0. The molecule has 0 radical (unpaired) electrons. The number of anilines is 2. The first-order valence-corrected chi connectivity index (χ1v) is 11.2. The molecule has 0 saturated carbocycles. The maximum Gasteiger partial charge on any atom is 0.338 e. The maximum absolute atomic E-state index is 12.6. The molecule has 8 nitrogen and oxygen atoms in total. The van der Waals surface area contributed by atoms with Gasteiger partial charge in [-0.1, -0.05) is 0 Å². The van der Waals surface area contributed by atoms with Crippen molar-refractivity contribution in [1.29, 1.82) is 0 Å². The van der Waals surface area contributed by atoms with E-state index in [-0.39, 0.29) is 17.6 Å². The quantitative estimate of drug-likeness (QED) is 0.440. The molecule has 2 aromatic rings. The number of thiocarbonyl (C=S) groups is 1. The van der Waals surface area contributed by atoms with Crippen LogP contribution in [0.5, 0.6) is 5.75 Å². The molecule has 32 heavy (non-hydrogen) atoms. The Morgan fingerprint density at radius 2 is 1.88 bits per heavy atom. The Balaban J connectivity index is 1.79. The van der Waals surface area contributed by atoms with Gasteiger partial charge >= 0.3 is 5.97 Å². The largest absolute Gasteiger partial charge is 0.496 e. The number of hydrogen-bond acceptors (Lipinski definition) is 7. The highest BCUT2D eigenvalue weighted by atomic mass is 79.9. The second-order valence-corrected chi connectivity index (χ2v) is 8.07. The number of nitrogens with zero attached hydrogens (tertiary/aromatic N) is 1. The Hall–Kier alpha value is -2.69. The molecule has 0 aliphatic carbocycles. The van der Waals surface area contributed by atoms with Crippen molar-refractivity contribution in [2.45, 2.75) is 6.92 Å². The van der Waals surface area contributed by atoms with Crippen molar-refractivity contribution in [2.24, 2.45) is 0 Å². The summed E-state index contributed by atoms with van der Waals surface area (Å²) >= 11 is 8.75. The Bertz CT molecular complexity index is 1010. The summed E-state index contributed by atoms with van der Waals surface area (Å²) in [6.45, 7) is 4.64. The Morgan fingerprint density at radius 1 is 1.16 bits per heavy atom. The molecular formula is C22H24BrN3O5S.